The highest BCUT2D eigenvalue weighted by Crippen LogP contribution is 1.95. The predicted octanol–water partition coefficient (Wildman–Crippen LogP) is -0.442. The van der Waals surface area contributed by atoms with E-state index in [2.05, 4.69) is 22.4 Å². The van der Waals surface area contributed by atoms with Crippen molar-refractivity contribution in [1.82, 2.24) is 20.2 Å². The van der Waals surface area contributed by atoms with Crippen molar-refractivity contribution in [1.29, 1.82) is 0 Å². The quantitative estimate of drug-likeness (QED) is 0.608. The Morgan fingerprint density at radius 2 is 2.38 bits per heavy atom. The van der Waals surface area contributed by atoms with Gasteiger partial charge in [-0.05, 0) is 16.8 Å². The highest BCUT2D eigenvalue weighted by atomic mass is 16.5. The first kappa shape index (κ1) is 10.1. The van der Waals surface area contributed by atoms with Crippen LogP contribution in [-0.2, 0) is 17.9 Å². The molecule has 0 aliphatic carbocycles. The summed E-state index contributed by atoms with van der Waals surface area (Å²) in [6.07, 6.45) is 0.998. The Morgan fingerprint density at radius 1 is 1.54 bits per heavy atom. The molecule has 74 valence electrons. The molecule has 1 heterocycles. The van der Waals surface area contributed by atoms with Crippen LogP contribution in [0.4, 0.5) is 0 Å². The lowest BCUT2D eigenvalue weighted by Gasteiger charge is -2.02. The smallest absolute Gasteiger partial charge is 0.177 e. The van der Waals surface area contributed by atoms with E-state index in [4.69, 9.17) is 10.5 Å². The highest BCUT2D eigenvalue weighted by Gasteiger charge is 2.03. The second-order valence-corrected chi connectivity index (χ2v) is 2.66. The minimum absolute atomic E-state index is 0.459. The monoisotopic (exact) mass is 185 g/mol. The van der Waals surface area contributed by atoms with Crippen LogP contribution in [0.5, 0.6) is 0 Å². The third-order valence-corrected chi connectivity index (χ3v) is 1.53. The lowest BCUT2D eigenvalue weighted by molar-refractivity contribution is 0.112. The predicted molar refractivity (Wildman–Crippen MR) is 46.8 cm³/mol. The van der Waals surface area contributed by atoms with Crippen molar-refractivity contribution >= 4 is 0 Å². The molecule has 0 saturated heterocycles. The fourth-order valence-corrected chi connectivity index (χ4v) is 0.930. The van der Waals surface area contributed by atoms with Gasteiger partial charge >= 0.3 is 0 Å². The van der Waals surface area contributed by atoms with Crippen molar-refractivity contribution in [3.05, 3.63) is 5.82 Å². The maximum Gasteiger partial charge on any atom is 0.177 e. The summed E-state index contributed by atoms with van der Waals surface area (Å²) < 4.78 is 6.97. The second-order valence-electron chi connectivity index (χ2n) is 2.66. The molecule has 6 nitrogen and oxygen atoms in total. The first-order chi connectivity index (χ1) is 6.38. The molecule has 1 aromatic heterocycles. The summed E-state index contributed by atoms with van der Waals surface area (Å²) in [5.41, 5.74) is 5.39. The molecule has 13 heavy (non-hydrogen) atoms. The van der Waals surface area contributed by atoms with Gasteiger partial charge in [0.1, 0.15) is 6.61 Å². The number of nitrogens with zero attached hydrogens (tertiary/aromatic N) is 4. The van der Waals surface area contributed by atoms with Gasteiger partial charge in [0.15, 0.2) is 5.82 Å². The standard InChI is InChI=1S/C7H15N5O/c1-2-5-13-6-7-9-10-11-12(7)4-3-8/h2-6,8H2,1H3. The van der Waals surface area contributed by atoms with Crippen LogP contribution in [0.1, 0.15) is 19.2 Å². The van der Waals surface area contributed by atoms with Gasteiger partial charge in [0.25, 0.3) is 0 Å². The van der Waals surface area contributed by atoms with E-state index < -0.39 is 0 Å². The Hall–Kier alpha value is -1.01. The molecule has 0 amide bonds. The Kier molecular flexibility index (Phi) is 4.34. The van der Waals surface area contributed by atoms with Gasteiger partial charge in [-0.15, -0.1) is 5.10 Å². The average molecular weight is 185 g/mol. The molecule has 0 aliphatic rings. The van der Waals surface area contributed by atoms with Crippen LogP contribution in [0.2, 0.25) is 0 Å². The van der Waals surface area contributed by atoms with Crippen molar-refractivity contribution < 1.29 is 4.74 Å². The fourth-order valence-electron chi connectivity index (χ4n) is 0.930. The van der Waals surface area contributed by atoms with E-state index in [9.17, 15) is 0 Å². The van der Waals surface area contributed by atoms with Gasteiger partial charge < -0.3 is 10.5 Å². The summed E-state index contributed by atoms with van der Waals surface area (Å²) in [4.78, 5) is 0. The lowest BCUT2D eigenvalue weighted by Crippen LogP contribution is -2.14. The largest absolute Gasteiger partial charge is 0.373 e. The van der Waals surface area contributed by atoms with Gasteiger partial charge in [0, 0.05) is 13.2 Å². The third kappa shape index (κ3) is 3.08. The van der Waals surface area contributed by atoms with Gasteiger partial charge in [0.2, 0.25) is 0 Å². The van der Waals surface area contributed by atoms with Crippen LogP contribution in [0.25, 0.3) is 0 Å². The third-order valence-electron chi connectivity index (χ3n) is 1.53. The van der Waals surface area contributed by atoms with E-state index >= 15 is 0 Å². The molecule has 0 aromatic carbocycles. The maximum absolute atomic E-state index is 5.39. The topological polar surface area (TPSA) is 78.9 Å². The van der Waals surface area contributed by atoms with Crippen LogP contribution in [0.15, 0.2) is 0 Å². The van der Waals surface area contributed by atoms with Gasteiger partial charge in [-0.25, -0.2) is 4.68 Å². The van der Waals surface area contributed by atoms with Gasteiger partial charge in [0.05, 0.1) is 6.54 Å². The molecule has 1 aromatic rings. The van der Waals surface area contributed by atoms with Crippen LogP contribution in [-0.4, -0.2) is 33.4 Å². The van der Waals surface area contributed by atoms with Crippen molar-refractivity contribution in [2.75, 3.05) is 13.2 Å². The minimum atomic E-state index is 0.459. The van der Waals surface area contributed by atoms with Crippen LogP contribution in [0, 0.1) is 0 Å². The van der Waals surface area contributed by atoms with Crippen LogP contribution < -0.4 is 5.73 Å². The molecular formula is C7H15N5O. The molecule has 0 aliphatic heterocycles. The SMILES string of the molecule is CCCOCc1nnnn1CCN. The van der Waals surface area contributed by atoms with E-state index in [0.29, 0.717) is 19.7 Å². The van der Waals surface area contributed by atoms with Crippen LogP contribution in [0.3, 0.4) is 0 Å². The highest BCUT2D eigenvalue weighted by molar-refractivity contribution is 4.76. The summed E-state index contributed by atoms with van der Waals surface area (Å²) in [6.45, 7) is 4.42. The lowest BCUT2D eigenvalue weighted by atomic mass is 10.5. The summed E-state index contributed by atoms with van der Waals surface area (Å²) in [6, 6.07) is 0. The molecular weight excluding hydrogens is 170 g/mol. The summed E-state index contributed by atoms with van der Waals surface area (Å²) in [5.74, 6) is 0.735. The number of aromatic nitrogens is 4. The zero-order valence-corrected chi connectivity index (χ0v) is 7.81. The average Bonchev–Trinajstić information content (AvgIpc) is 2.54. The molecule has 0 bridgehead atoms. The molecule has 0 fully saturated rings. The summed E-state index contributed by atoms with van der Waals surface area (Å²) in [5, 5.41) is 11.2. The van der Waals surface area contributed by atoms with E-state index in [0.717, 1.165) is 18.9 Å². The number of ether oxygens (including phenoxy) is 1. The van der Waals surface area contributed by atoms with Gasteiger partial charge in [-0.3, -0.25) is 0 Å². The maximum atomic E-state index is 5.39. The number of rotatable bonds is 6. The summed E-state index contributed by atoms with van der Waals surface area (Å²) in [7, 11) is 0. The van der Waals surface area contributed by atoms with E-state index in [1.807, 2.05) is 0 Å². The first-order valence-electron chi connectivity index (χ1n) is 4.41. The number of hydrogen-bond acceptors (Lipinski definition) is 5. The van der Waals surface area contributed by atoms with Gasteiger partial charge in [-0.2, -0.15) is 0 Å². The van der Waals surface area contributed by atoms with Crippen molar-refractivity contribution in [3.63, 3.8) is 0 Å². The summed E-state index contributed by atoms with van der Waals surface area (Å²) >= 11 is 0. The normalized spacial score (nSPS) is 10.6. The molecule has 0 saturated carbocycles. The molecule has 0 unspecified atom stereocenters. The van der Waals surface area contributed by atoms with Crippen molar-refractivity contribution in [3.8, 4) is 0 Å². The van der Waals surface area contributed by atoms with Crippen molar-refractivity contribution in [2.24, 2.45) is 5.73 Å². The zero-order chi connectivity index (χ0) is 9.52. The van der Waals surface area contributed by atoms with E-state index in [-0.39, 0.29) is 0 Å². The second kappa shape index (κ2) is 5.60. The molecule has 1 rings (SSSR count). The fraction of sp³-hybridized carbons (Fsp3) is 0.857. The molecule has 0 atom stereocenters. The van der Waals surface area contributed by atoms with E-state index in [1.54, 1.807) is 4.68 Å². The minimum Gasteiger partial charge on any atom is -0.373 e. The first-order valence-corrected chi connectivity index (χ1v) is 4.41. The van der Waals surface area contributed by atoms with E-state index in [1.165, 1.54) is 0 Å². The van der Waals surface area contributed by atoms with Crippen molar-refractivity contribution in [2.45, 2.75) is 26.5 Å². The number of hydrogen-bond donors (Lipinski definition) is 1. The molecule has 0 radical (unpaired) electrons. The van der Waals surface area contributed by atoms with Gasteiger partial charge in [-0.1, -0.05) is 6.92 Å². The Bertz CT molecular complexity index is 237. The Balaban J connectivity index is 2.40. The van der Waals surface area contributed by atoms with Crippen LogP contribution >= 0.6 is 0 Å². The number of tetrazole rings is 1. The molecule has 0 spiro atoms. The Morgan fingerprint density at radius 3 is 3.08 bits per heavy atom. The zero-order valence-electron chi connectivity index (χ0n) is 7.81. The Labute approximate surface area is 77.1 Å². The molecule has 6 heteroatoms. The molecule has 2 N–H and O–H groups in total. The number of nitrogens with two attached hydrogens (primary N) is 1.